The second kappa shape index (κ2) is 4.86. The minimum absolute atomic E-state index is 0.255. The van der Waals surface area contributed by atoms with Crippen molar-refractivity contribution in [2.24, 2.45) is 5.41 Å². The highest BCUT2D eigenvalue weighted by Crippen LogP contribution is 2.48. The molecule has 84 valence electrons. The smallest absolute Gasteiger partial charge is 0.319 e. The van der Waals surface area contributed by atoms with Crippen LogP contribution in [0.3, 0.4) is 0 Å². The van der Waals surface area contributed by atoms with Crippen molar-refractivity contribution in [1.82, 2.24) is 0 Å². The molecule has 0 aromatic carbocycles. The molecule has 0 bridgehead atoms. The minimum Gasteiger partial charge on any atom is -0.409 e. The Labute approximate surface area is 90.6 Å². The van der Waals surface area contributed by atoms with Crippen LogP contribution in [0.1, 0.15) is 26.7 Å². The number of rotatable bonds is 4. The van der Waals surface area contributed by atoms with E-state index in [9.17, 15) is 9.59 Å². The first-order chi connectivity index (χ1) is 7.03. The molecule has 5 heteroatoms. The average molecular weight is 230 g/mol. The number of carbonyl (C=O) groups is 2. The minimum atomic E-state index is -1.75. The van der Waals surface area contributed by atoms with E-state index in [0.29, 0.717) is 6.42 Å². The SMILES string of the molecule is C=CC(=O)P1OCC(C)(CCC)C(=O)O1. The van der Waals surface area contributed by atoms with Crippen LogP contribution in [0.5, 0.6) is 0 Å². The third-order valence-corrected chi connectivity index (χ3v) is 3.55. The highest BCUT2D eigenvalue weighted by molar-refractivity contribution is 7.67. The normalized spacial score (nSPS) is 30.8. The van der Waals surface area contributed by atoms with Gasteiger partial charge in [-0.15, -0.1) is 0 Å². The maximum absolute atomic E-state index is 11.7. The molecule has 0 aliphatic carbocycles. The van der Waals surface area contributed by atoms with Crippen molar-refractivity contribution in [3.8, 4) is 0 Å². The topological polar surface area (TPSA) is 52.6 Å². The quantitative estimate of drug-likeness (QED) is 0.549. The van der Waals surface area contributed by atoms with E-state index in [1.54, 1.807) is 6.92 Å². The van der Waals surface area contributed by atoms with Crippen molar-refractivity contribution in [2.75, 3.05) is 6.61 Å². The van der Waals surface area contributed by atoms with Gasteiger partial charge >= 0.3 is 14.3 Å². The standard InChI is InChI=1S/C10H15O4P/c1-4-6-10(3)7-13-15(8(11)5-2)14-9(10)12/h5H,2,4,6-7H2,1,3H3. The van der Waals surface area contributed by atoms with Gasteiger partial charge in [-0.05, 0) is 19.4 Å². The maximum atomic E-state index is 11.7. The van der Waals surface area contributed by atoms with Crippen LogP contribution in [0.15, 0.2) is 12.7 Å². The largest absolute Gasteiger partial charge is 0.409 e. The van der Waals surface area contributed by atoms with E-state index >= 15 is 0 Å². The molecular formula is C10H15O4P. The molecule has 0 saturated carbocycles. The third-order valence-electron chi connectivity index (χ3n) is 2.32. The predicted molar refractivity (Wildman–Crippen MR) is 57.2 cm³/mol. The van der Waals surface area contributed by atoms with Gasteiger partial charge in [-0.3, -0.25) is 9.59 Å². The van der Waals surface area contributed by atoms with E-state index in [4.69, 9.17) is 9.05 Å². The van der Waals surface area contributed by atoms with Crippen molar-refractivity contribution in [2.45, 2.75) is 26.7 Å². The number of hydrogen-bond donors (Lipinski definition) is 0. The van der Waals surface area contributed by atoms with Crippen LogP contribution >= 0.6 is 8.38 Å². The lowest BCUT2D eigenvalue weighted by Crippen LogP contribution is -2.37. The zero-order valence-electron chi connectivity index (χ0n) is 8.99. The van der Waals surface area contributed by atoms with E-state index in [0.717, 1.165) is 12.5 Å². The Morgan fingerprint density at radius 1 is 1.73 bits per heavy atom. The first-order valence-corrected chi connectivity index (χ1v) is 6.03. The van der Waals surface area contributed by atoms with Gasteiger partial charge in [-0.25, -0.2) is 0 Å². The summed E-state index contributed by atoms with van der Waals surface area (Å²) in [5.41, 5.74) is -0.952. The van der Waals surface area contributed by atoms with Gasteiger partial charge in [0.25, 0.3) is 0 Å². The molecular weight excluding hydrogens is 215 g/mol. The number of carbonyl (C=O) groups excluding carboxylic acids is 2. The monoisotopic (exact) mass is 230 g/mol. The Kier molecular flexibility index (Phi) is 4.00. The summed E-state index contributed by atoms with van der Waals surface area (Å²) in [6, 6.07) is 0. The summed E-state index contributed by atoms with van der Waals surface area (Å²) in [6.07, 6.45) is 2.71. The summed E-state index contributed by atoms with van der Waals surface area (Å²) in [5, 5.41) is 0. The summed E-state index contributed by atoms with van der Waals surface area (Å²) in [7, 11) is -1.75. The van der Waals surface area contributed by atoms with Crippen molar-refractivity contribution < 1.29 is 18.6 Å². The van der Waals surface area contributed by atoms with Crippen molar-refractivity contribution in [1.29, 1.82) is 0 Å². The van der Waals surface area contributed by atoms with Crippen molar-refractivity contribution >= 4 is 19.9 Å². The number of hydrogen-bond acceptors (Lipinski definition) is 4. The van der Waals surface area contributed by atoms with Gasteiger partial charge in [-0.1, -0.05) is 19.9 Å². The van der Waals surface area contributed by atoms with E-state index in [-0.39, 0.29) is 18.1 Å². The molecule has 0 aromatic rings. The van der Waals surface area contributed by atoms with Gasteiger partial charge < -0.3 is 9.05 Å². The Bertz CT molecular complexity index is 289. The lowest BCUT2D eigenvalue weighted by Gasteiger charge is -2.33. The fraction of sp³-hybridized carbons (Fsp3) is 0.600. The Morgan fingerprint density at radius 3 is 2.87 bits per heavy atom. The van der Waals surface area contributed by atoms with Crippen LogP contribution in [-0.4, -0.2) is 18.1 Å². The molecule has 1 heterocycles. The Balaban J connectivity index is 2.66. The molecule has 4 nitrogen and oxygen atoms in total. The lowest BCUT2D eigenvalue weighted by molar-refractivity contribution is -0.152. The molecule has 0 N–H and O–H groups in total. The number of allylic oxidation sites excluding steroid dienone is 1. The second-order valence-corrected chi connectivity index (χ2v) is 5.16. The molecule has 1 saturated heterocycles. The van der Waals surface area contributed by atoms with Gasteiger partial charge in [0.1, 0.15) is 0 Å². The molecule has 1 aliphatic heterocycles. The van der Waals surface area contributed by atoms with Gasteiger partial charge in [0, 0.05) is 0 Å². The summed E-state index contributed by atoms with van der Waals surface area (Å²) < 4.78 is 10.3. The van der Waals surface area contributed by atoms with E-state index < -0.39 is 13.8 Å². The van der Waals surface area contributed by atoms with E-state index in [1.165, 1.54) is 0 Å². The molecule has 2 unspecified atom stereocenters. The fourth-order valence-corrected chi connectivity index (χ4v) is 2.57. The molecule has 2 atom stereocenters. The van der Waals surface area contributed by atoms with Crippen LogP contribution in [0.4, 0.5) is 0 Å². The molecule has 1 fully saturated rings. The molecule has 0 aromatic heterocycles. The molecule has 1 rings (SSSR count). The maximum Gasteiger partial charge on any atom is 0.319 e. The fourth-order valence-electron chi connectivity index (χ4n) is 1.38. The summed E-state index contributed by atoms with van der Waals surface area (Å²) >= 11 is 0. The lowest BCUT2D eigenvalue weighted by atomic mass is 9.87. The molecule has 1 aliphatic rings. The summed E-state index contributed by atoms with van der Waals surface area (Å²) in [4.78, 5) is 22.9. The third kappa shape index (κ3) is 2.64. The zero-order chi connectivity index (χ0) is 11.5. The van der Waals surface area contributed by atoms with Gasteiger partial charge in [-0.2, -0.15) is 0 Å². The second-order valence-electron chi connectivity index (χ2n) is 3.76. The molecule has 0 spiro atoms. The van der Waals surface area contributed by atoms with Gasteiger partial charge in [0.05, 0.1) is 12.0 Å². The predicted octanol–water partition coefficient (Wildman–Crippen LogP) is 2.39. The summed E-state index contributed by atoms with van der Waals surface area (Å²) in [6.45, 7) is 7.37. The van der Waals surface area contributed by atoms with E-state index in [2.05, 4.69) is 6.58 Å². The van der Waals surface area contributed by atoms with Gasteiger partial charge in [0.15, 0.2) is 0 Å². The Morgan fingerprint density at radius 2 is 2.40 bits per heavy atom. The molecule has 0 radical (unpaired) electrons. The molecule has 15 heavy (non-hydrogen) atoms. The van der Waals surface area contributed by atoms with Crippen molar-refractivity contribution in [3.05, 3.63) is 12.7 Å². The Hall–Kier alpha value is -0.730. The van der Waals surface area contributed by atoms with Crippen LogP contribution in [0.2, 0.25) is 0 Å². The van der Waals surface area contributed by atoms with Crippen LogP contribution in [-0.2, 0) is 18.6 Å². The van der Waals surface area contributed by atoms with Crippen LogP contribution in [0, 0.1) is 5.41 Å². The first-order valence-electron chi connectivity index (χ1n) is 4.85. The zero-order valence-corrected chi connectivity index (χ0v) is 9.88. The summed E-state index contributed by atoms with van der Waals surface area (Å²) in [5.74, 6) is -0.336. The first kappa shape index (κ1) is 12.3. The molecule has 0 amide bonds. The van der Waals surface area contributed by atoms with Gasteiger partial charge in [0.2, 0.25) is 5.52 Å². The average Bonchev–Trinajstić information content (AvgIpc) is 2.22. The van der Waals surface area contributed by atoms with Crippen LogP contribution in [0.25, 0.3) is 0 Å². The highest BCUT2D eigenvalue weighted by Gasteiger charge is 2.43. The van der Waals surface area contributed by atoms with Crippen molar-refractivity contribution in [3.63, 3.8) is 0 Å². The van der Waals surface area contributed by atoms with Crippen LogP contribution < -0.4 is 0 Å². The highest BCUT2D eigenvalue weighted by atomic mass is 31.2. The van der Waals surface area contributed by atoms with E-state index in [1.807, 2.05) is 6.92 Å².